The number of rotatable bonds is 9. The minimum absolute atomic E-state index is 0.00953. The van der Waals surface area contributed by atoms with E-state index in [1.807, 2.05) is 31.2 Å². The molecule has 1 aliphatic heterocycles. The molecule has 1 atom stereocenters. The van der Waals surface area contributed by atoms with Crippen LogP contribution in [0, 0.1) is 6.92 Å². The van der Waals surface area contributed by atoms with Gasteiger partial charge in [0.05, 0.1) is 31.0 Å². The van der Waals surface area contributed by atoms with E-state index >= 15 is 0 Å². The highest BCUT2D eigenvalue weighted by Crippen LogP contribution is 2.42. The second-order valence-corrected chi connectivity index (χ2v) is 9.47. The van der Waals surface area contributed by atoms with Crippen molar-refractivity contribution in [2.75, 3.05) is 6.61 Å². The summed E-state index contributed by atoms with van der Waals surface area (Å²) in [6.07, 6.45) is 1.48. The Morgan fingerprint density at radius 1 is 0.975 bits per heavy atom. The summed E-state index contributed by atoms with van der Waals surface area (Å²) in [4.78, 5) is 27.9. The van der Waals surface area contributed by atoms with Crippen LogP contribution in [0.5, 0.6) is 17.2 Å². The van der Waals surface area contributed by atoms with Crippen LogP contribution in [-0.2, 0) is 22.7 Å². The number of likely N-dealkylation sites (tertiary alicyclic amines) is 1. The number of benzene rings is 3. The van der Waals surface area contributed by atoms with E-state index in [1.54, 1.807) is 55.5 Å². The standard InChI is InChI=1S/C32H29NO7/c1-3-38-27-17-23(11-14-26(27)34)29-28(31(36)32(37)33(29)18-25-8-5-15-39-25)30(35)22-9-12-24(13-10-22)40-19-21-7-4-6-20(2)16-21/h4-17,29,34-35H,3,18-19H2,1-2H3/b30-28-. The zero-order chi connectivity index (χ0) is 28.2. The summed E-state index contributed by atoms with van der Waals surface area (Å²) in [5.74, 6) is -0.708. The number of ketones is 1. The van der Waals surface area contributed by atoms with E-state index in [-0.39, 0.29) is 29.4 Å². The van der Waals surface area contributed by atoms with E-state index in [1.165, 1.54) is 17.2 Å². The lowest BCUT2D eigenvalue weighted by Crippen LogP contribution is -2.29. The van der Waals surface area contributed by atoms with Crippen molar-refractivity contribution < 1.29 is 33.7 Å². The molecule has 1 amide bonds. The molecule has 1 saturated heterocycles. The zero-order valence-electron chi connectivity index (χ0n) is 22.2. The van der Waals surface area contributed by atoms with Gasteiger partial charge in [-0.15, -0.1) is 0 Å². The molecule has 4 aromatic rings. The molecule has 0 bridgehead atoms. The Balaban J connectivity index is 1.50. The number of furan rings is 1. The highest BCUT2D eigenvalue weighted by atomic mass is 16.5. The zero-order valence-corrected chi connectivity index (χ0v) is 22.2. The van der Waals surface area contributed by atoms with Gasteiger partial charge in [-0.3, -0.25) is 9.59 Å². The number of aliphatic hydroxyl groups is 1. The summed E-state index contributed by atoms with van der Waals surface area (Å²) in [5, 5.41) is 21.6. The molecule has 204 valence electrons. The van der Waals surface area contributed by atoms with E-state index < -0.39 is 17.7 Å². The second-order valence-electron chi connectivity index (χ2n) is 9.47. The van der Waals surface area contributed by atoms with E-state index in [2.05, 4.69) is 0 Å². The van der Waals surface area contributed by atoms with Crippen molar-refractivity contribution in [3.8, 4) is 17.2 Å². The minimum atomic E-state index is -0.942. The van der Waals surface area contributed by atoms with Gasteiger partial charge in [0.15, 0.2) is 11.5 Å². The molecule has 40 heavy (non-hydrogen) atoms. The molecule has 2 N–H and O–H groups in total. The average Bonchev–Trinajstić information content (AvgIpc) is 3.56. The second kappa shape index (κ2) is 11.4. The molecule has 0 radical (unpaired) electrons. The highest BCUT2D eigenvalue weighted by Gasteiger charge is 2.46. The third-order valence-corrected chi connectivity index (χ3v) is 6.66. The first-order valence-corrected chi connectivity index (χ1v) is 12.9. The predicted octanol–water partition coefficient (Wildman–Crippen LogP) is 5.89. The number of carbonyl (C=O) groups is 2. The number of nitrogens with zero attached hydrogens (tertiary/aromatic N) is 1. The van der Waals surface area contributed by atoms with Gasteiger partial charge in [-0.25, -0.2) is 0 Å². The number of amides is 1. The maximum Gasteiger partial charge on any atom is 0.296 e. The highest BCUT2D eigenvalue weighted by molar-refractivity contribution is 6.46. The lowest BCUT2D eigenvalue weighted by molar-refractivity contribution is -0.140. The van der Waals surface area contributed by atoms with Gasteiger partial charge in [0, 0.05) is 5.56 Å². The van der Waals surface area contributed by atoms with Gasteiger partial charge in [-0.05, 0) is 73.5 Å². The molecular formula is C32H29NO7. The molecule has 0 saturated carbocycles. The molecule has 8 nitrogen and oxygen atoms in total. The Morgan fingerprint density at radius 2 is 1.77 bits per heavy atom. The topological polar surface area (TPSA) is 109 Å². The van der Waals surface area contributed by atoms with Crippen LogP contribution in [0.2, 0.25) is 0 Å². The maximum atomic E-state index is 13.3. The quantitative estimate of drug-likeness (QED) is 0.155. The number of hydrogen-bond donors (Lipinski definition) is 2. The number of aryl methyl sites for hydroxylation is 1. The summed E-state index contributed by atoms with van der Waals surface area (Å²) in [7, 11) is 0. The molecule has 1 aromatic heterocycles. The SMILES string of the molecule is CCOc1cc(C2/C(=C(/O)c3ccc(OCc4cccc(C)c4)cc3)C(=O)C(=O)N2Cc2ccco2)ccc1O. The monoisotopic (exact) mass is 539 g/mol. The van der Waals surface area contributed by atoms with Crippen molar-refractivity contribution in [1.29, 1.82) is 0 Å². The van der Waals surface area contributed by atoms with Crippen LogP contribution < -0.4 is 9.47 Å². The van der Waals surface area contributed by atoms with Crippen LogP contribution in [-0.4, -0.2) is 33.4 Å². The molecule has 1 unspecified atom stereocenters. The van der Waals surface area contributed by atoms with Crippen LogP contribution in [0.1, 0.15) is 41.0 Å². The molecule has 1 fully saturated rings. The predicted molar refractivity (Wildman–Crippen MR) is 148 cm³/mol. The molecule has 0 aliphatic carbocycles. The first-order valence-electron chi connectivity index (χ1n) is 12.9. The molecule has 1 aliphatic rings. The normalized spacial score (nSPS) is 16.4. The van der Waals surface area contributed by atoms with Crippen molar-refractivity contribution >= 4 is 17.4 Å². The van der Waals surface area contributed by atoms with E-state index in [0.29, 0.717) is 35.9 Å². The van der Waals surface area contributed by atoms with Crippen LogP contribution >= 0.6 is 0 Å². The Kier molecular flexibility index (Phi) is 7.59. The summed E-state index contributed by atoms with van der Waals surface area (Å²) < 4.78 is 16.9. The van der Waals surface area contributed by atoms with Gasteiger partial charge >= 0.3 is 0 Å². The first-order chi connectivity index (χ1) is 19.4. The number of carbonyl (C=O) groups excluding carboxylic acids is 2. The van der Waals surface area contributed by atoms with Crippen LogP contribution in [0.3, 0.4) is 0 Å². The molecule has 5 rings (SSSR count). The fraction of sp³-hybridized carbons (Fsp3) is 0.188. The van der Waals surface area contributed by atoms with Gasteiger partial charge < -0.3 is 29.0 Å². The van der Waals surface area contributed by atoms with Crippen molar-refractivity contribution in [2.45, 2.75) is 33.0 Å². The van der Waals surface area contributed by atoms with Gasteiger partial charge in [0.25, 0.3) is 11.7 Å². The van der Waals surface area contributed by atoms with E-state index in [0.717, 1.165) is 11.1 Å². The van der Waals surface area contributed by atoms with E-state index in [9.17, 15) is 19.8 Å². The fourth-order valence-electron chi connectivity index (χ4n) is 4.77. The minimum Gasteiger partial charge on any atom is -0.507 e. The molecule has 0 spiro atoms. The smallest absolute Gasteiger partial charge is 0.296 e. The first kappa shape index (κ1) is 26.6. The fourth-order valence-corrected chi connectivity index (χ4v) is 4.77. The Hall–Kier alpha value is -4.98. The van der Waals surface area contributed by atoms with Crippen molar-refractivity contribution in [3.05, 3.63) is 119 Å². The summed E-state index contributed by atoms with van der Waals surface area (Å²) in [6.45, 7) is 4.50. The number of aromatic hydroxyl groups is 1. The van der Waals surface area contributed by atoms with Crippen molar-refractivity contribution in [1.82, 2.24) is 4.90 Å². The summed E-state index contributed by atoms with van der Waals surface area (Å²) >= 11 is 0. The van der Waals surface area contributed by atoms with Gasteiger partial charge in [0.2, 0.25) is 0 Å². The number of phenolic OH excluding ortho intramolecular Hbond substituents is 1. The molecular weight excluding hydrogens is 510 g/mol. The van der Waals surface area contributed by atoms with Gasteiger partial charge in [-0.2, -0.15) is 0 Å². The number of hydrogen-bond acceptors (Lipinski definition) is 7. The average molecular weight is 540 g/mol. The van der Waals surface area contributed by atoms with Crippen molar-refractivity contribution in [2.24, 2.45) is 0 Å². The van der Waals surface area contributed by atoms with Gasteiger partial charge in [0.1, 0.15) is 23.9 Å². The molecule has 8 heteroatoms. The Labute approximate surface area is 231 Å². The van der Waals surface area contributed by atoms with Crippen LogP contribution in [0.15, 0.2) is 95.1 Å². The van der Waals surface area contributed by atoms with Crippen molar-refractivity contribution in [3.63, 3.8) is 0 Å². The maximum absolute atomic E-state index is 13.3. The Bertz CT molecular complexity index is 1550. The summed E-state index contributed by atoms with van der Waals surface area (Å²) in [5.41, 5.74) is 2.95. The lowest BCUT2D eigenvalue weighted by Gasteiger charge is -2.25. The molecule has 2 heterocycles. The number of aliphatic hydroxyl groups excluding tert-OH is 1. The third-order valence-electron chi connectivity index (χ3n) is 6.66. The number of Topliss-reactive ketones (excluding diaryl/α,β-unsaturated/α-hetero) is 1. The van der Waals surface area contributed by atoms with E-state index in [4.69, 9.17) is 13.9 Å². The largest absolute Gasteiger partial charge is 0.507 e. The number of phenols is 1. The number of ether oxygens (including phenoxy) is 2. The third kappa shape index (κ3) is 5.42. The molecule has 3 aromatic carbocycles. The van der Waals surface area contributed by atoms with Gasteiger partial charge in [-0.1, -0.05) is 35.9 Å². The lowest BCUT2D eigenvalue weighted by atomic mass is 9.95. The summed E-state index contributed by atoms with van der Waals surface area (Å²) in [6, 6.07) is 21.7. The van der Waals surface area contributed by atoms with Crippen LogP contribution in [0.25, 0.3) is 5.76 Å². The van der Waals surface area contributed by atoms with Crippen LogP contribution in [0.4, 0.5) is 0 Å². The Morgan fingerprint density at radius 3 is 2.48 bits per heavy atom.